The molecule has 0 saturated heterocycles. The summed E-state index contributed by atoms with van der Waals surface area (Å²) in [5.41, 5.74) is 0.928. The lowest BCUT2D eigenvalue weighted by Crippen LogP contribution is -2.27. The number of carbonyl (C=O) groups is 1. The van der Waals surface area contributed by atoms with Gasteiger partial charge in [-0.05, 0) is 37.1 Å². The molecule has 0 bridgehead atoms. The van der Waals surface area contributed by atoms with Crippen LogP contribution in [0, 0.1) is 0 Å². The van der Waals surface area contributed by atoms with Crippen molar-refractivity contribution < 1.29 is 9.53 Å². The molecule has 2 aromatic rings. The Morgan fingerprint density at radius 2 is 2.12 bits per heavy atom. The van der Waals surface area contributed by atoms with E-state index in [2.05, 4.69) is 15.5 Å². The van der Waals surface area contributed by atoms with Crippen LogP contribution in [0.2, 0.25) is 5.02 Å². The molecule has 1 fully saturated rings. The Labute approximate surface area is 149 Å². The van der Waals surface area contributed by atoms with Crippen LogP contribution in [0.5, 0.6) is 0 Å². The summed E-state index contributed by atoms with van der Waals surface area (Å²) in [5.74, 6) is 1.12. The number of rotatable bonds is 8. The first-order valence-corrected chi connectivity index (χ1v) is 9.14. The maximum atomic E-state index is 11.9. The fraction of sp³-hybridized carbons (Fsp3) is 0.438. The Balaban J connectivity index is 1.74. The Morgan fingerprint density at radius 1 is 1.38 bits per heavy atom. The first-order chi connectivity index (χ1) is 11.7. The molecule has 1 aliphatic rings. The molecule has 3 rings (SSSR count). The molecule has 1 saturated carbocycles. The monoisotopic (exact) mass is 366 g/mol. The molecule has 1 aromatic carbocycles. The van der Waals surface area contributed by atoms with Crippen LogP contribution >= 0.6 is 23.4 Å². The van der Waals surface area contributed by atoms with E-state index in [1.807, 2.05) is 28.8 Å². The number of benzene rings is 1. The van der Waals surface area contributed by atoms with Crippen molar-refractivity contribution in [2.75, 3.05) is 19.5 Å². The lowest BCUT2D eigenvalue weighted by molar-refractivity contribution is -0.118. The normalized spacial score (nSPS) is 13.9. The molecular weight excluding hydrogens is 348 g/mol. The minimum atomic E-state index is 0.0387. The number of halogens is 1. The van der Waals surface area contributed by atoms with E-state index in [1.165, 1.54) is 11.8 Å². The number of hydrogen-bond acceptors (Lipinski definition) is 5. The summed E-state index contributed by atoms with van der Waals surface area (Å²) in [6, 6.07) is 7.83. The molecule has 24 heavy (non-hydrogen) atoms. The first kappa shape index (κ1) is 17.3. The molecule has 1 aliphatic carbocycles. The van der Waals surface area contributed by atoms with Crippen molar-refractivity contribution in [3.8, 4) is 11.4 Å². The number of hydrogen-bond donors (Lipinski definition) is 1. The van der Waals surface area contributed by atoms with Gasteiger partial charge in [0.1, 0.15) is 0 Å². The second kappa shape index (κ2) is 8.00. The van der Waals surface area contributed by atoms with Gasteiger partial charge in [-0.15, -0.1) is 10.2 Å². The van der Waals surface area contributed by atoms with E-state index in [4.69, 9.17) is 16.3 Å². The van der Waals surface area contributed by atoms with Crippen LogP contribution in [-0.4, -0.2) is 46.2 Å². The molecule has 0 aliphatic heterocycles. The zero-order valence-corrected chi connectivity index (χ0v) is 14.9. The molecule has 0 spiro atoms. The maximum absolute atomic E-state index is 11.9. The van der Waals surface area contributed by atoms with Crippen LogP contribution in [0.25, 0.3) is 11.4 Å². The molecule has 0 unspecified atom stereocenters. The number of aromatic nitrogens is 3. The van der Waals surface area contributed by atoms with Crippen molar-refractivity contribution in [2.45, 2.75) is 30.6 Å². The Hall–Kier alpha value is -1.57. The highest BCUT2D eigenvalue weighted by Crippen LogP contribution is 2.25. The van der Waals surface area contributed by atoms with Gasteiger partial charge in [0.15, 0.2) is 11.0 Å². The summed E-state index contributed by atoms with van der Waals surface area (Å²) in [6.07, 6.45) is 2.17. The summed E-state index contributed by atoms with van der Waals surface area (Å²) in [5, 5.41) is 12.9. The molecule has 1 amide bonds. The average molecular weight is 367 g/mol. The average Bonchev–Trinajstić information content (AvgIpc) is 3.30. The highest BCUT2D eigenvalue weighted by atomic mass is 35.5. The third-order valence-electron chi connectivity index (χ3n) is 3.61. The summed E-state index contributed by atoms with van der Waals surface area (Å²) in [6.45, 7) is 1.16. The van der Waals surface area contributed by atoms with Gasteiger partial charge in [0.2, 0.25) is 5.91 Å². The molecule has 128 valence electrons. The van der Waals surface area contributed by atoms with Crippen LogP contribution in [0.15, 0.2) is 29.4 Å². The van der Waals surface area contributed by atoms with Gasteiger partial charge in [0, 0.05) is 23.7 Å². The van der Waals surface area contributed by atoms with Crippen molar-refractivity contribution >= 4 is 29.3 Å². The SMILES string of the molecule is COCCn1c(SCC(=O)NC2CC2)nnc1-c1ccc(Cl)cc1. The third kappa shape index (κ3) is 4.49. The van der Waals surface area contributed by atoms with Crippen molar-refractivity contribution in [1.29, 1.82) is 0 Å². The van der Waals surface area contributed by atoms with E-state index in [1.54, 1.807) is 7.11 Å². The molecule has 1 heterocycles. The second-order valence-electron chi connectivity index (χ2n) is 5.59. The van der Waals surface area contributed by atoms with E-state index in [0.29, 0.717) is 35.1 Å². The van der Waals surface area contributed by atoms with Gasteiger partial charge >= 0.3 is 0 Å². The Kier molecular flexibility index (Phi) is 5.76. The fourth-order valence-corrected chi connectivity index (χ4v) is 3.12. The van der Waals surface area contributed by atoms with Crippen LogP contribution in [0.1, 0.15) is 12.8 Å². The standard InChI is InChI=1S/C16H19ClN4O2S/c1-23-9-8-21-15(11-2-4-12(17)5-3-11)19-20-16(21)24-10-14(22)18-13-6-7-13/h2-5,13H,6-10H2,1H3,(H,18,22). The lowest BCUT2D eigenvalue weighted by atomic mass is 10.2. The molecule has 0 atom stereocenters. The smallest absolute Gasteiger partial charge is 0.230 e. The van der Waals surface area contributed by atoms with Gasteiger partial charge in [-0.3, -0.25) is 9.36 Å². The quantitative estimate of drug-likeness (QED) is 0.727. The molecular formula is C16H19ClN4O2S. The van der Waals surface area contributed by atoms with Crippen molar-refractivity contribution in [3.63, 3.8) is 0 Å². The number of nitrogens with one attached hydrogen (secondary N) is 1. The van der Waals surface area contributed by atoms with Gasteiger partial charge in [-0.2, -0.15) is 0 Å². The van der Waals surface area contributed by atoms with Gasteiger partial charge in [-0.25, -0.2) is 0 Å². The predicted octanol–water partition coefficient (Wildman–Crippen LogP) is 2.62. The number of thioether (sulfide) groups is 1. The van der Waals surface area contributed by atoms with E-state index < -0.39 is 0 Å². The largest absolute Gasteiger partial charge is 0.383 e. The van der Waals surface area contributed by atoms with Crippen LogP contribution in [0.4, 0.5) is 0 Å². The predicted molar refractivity (Wildman–Crippen MR) is 94.2 cm³/mol. The number of nitrogens with zero attached hydrogens (tertiary/aromatic N) is 3. The maximum Gasteiger partial charge on any atom is 0.230 e. The molecule has 1 aromatic heterocycles. The molecule has 0 radical (unpaired) electrons. The Bertz CT molecular complexity index is 701. The summed E-state index contributed by atoms with van der Waals surface area (Å²) >= 11 is 7.34. The second-order valence-corrected chi connectivity index (χ2v) is 6.97. The van der Waals surface area contributed by atoms with Gasteiger partial charge in [-0.1, -0.05) is 23.4 Å². The van der Waals surface area contributed by atoms with Gasteiger partial charge < -0.3 is 10.1 Å². The van der Waals surface area contributed by atoms with E-state index in [-0.39, 0.29) is 5.91 Å². The van der Waals surface area contributed by atoms with Crippen molar-refractivity contribution in [3.05, 3.63) is 29.3 Å². The number of methoxy groups -OCH3 is 1. The van der Waals surface area contributed by atoms with Gasteiger partial charge in [0.05, 0.1) is 18.9 Å². The van der Waals surface area contributed by atoms with Crippen molar-refractivity contribution in [2.24, 2.45) is 0 Å². The van der Waals surface area contributed by atoms with Crippen molar-refractivity contribution in [1.82, 2.24) is 20.1 Å². The first-order valence-electron chi connectivity index (χ1n) is 7.77. The highest BCUT2D eigenvalue weighted by Gasteiger charge is 2.23. The fourth-order valence-electron chi connectivity index (χ4n) is 2.22. The minimum absolute atomic E-state index is 0.0387. The lowest BCUT2D eigenvalue weighted by Gasteiger charge is -2.10. The van der Waals surface area contributed by atoms with Gasteiger partial charge in [0.25, 0.3) is 0 Å². The molecule has 1 N–H and O–H groups in total. The third-order valence-corrected chi connectivity index (χ3v) is 4.83. The minimum Gasteiger partial charge on any atom is -0.383 e. The van der Waals surface area contributed by atoms with E-state index in [9.17, 15) is 4.79 Å². The zero-order valence-electron chi connectivity index (χ0n) is 13.4. The number of ether oxygens (including phenoxy) is 1. The van der Waals surface area contributed by atoms with Crippen LogP contribution < -0.4 is 5.32 Å². The summed E-state index contributed by atoms with van der Waals surface area (Å²) in [7, 11) is 1.65. The van der Waals surface area contributed by atoms with Crippen LogP contribution in [-0.2, 0) is 16.1 Å². The van der Waals surface area contributed by atoms with E-state index in [0.717, 1.165) is 24.2 Å². The van der Waals surface area contributed by atoms with Crippen LogP contribution in [0.3, 0.4) is 0 Å². The molecule has 8 heteroatoms. The van der Waals surface area contributed by atoms with E-state index >= 15 is 0 Å². The number of carbonyl (C=O) groups excluding carboxylic acids is 1. The number of amides is 1. The summed E-state index contributed by atoms with van der Waals surface area (Å²) in [4.78, 5) is 11.9. The zero-order chi connectivity index (χ0) is 16.9. The topological polar surface area (TPSA) is 69.0 Å². The summed E-state index contributed by atoms with van der Waals surface area (Å²) < 4.78 is 7.15. The highest BCUT2D eigenvalue weighted by molar-refractivity contribution is 7.99. The molecule has 6 nitrogen and oxygen atoms in total. The Morgan fingerprint density at radius 3 is 2.79 bits per heavy atom.